The molecular weight excluding hydrogens is 202 g/mol. The molecule has 2 rings (SSSR count). The monoisotopic (exact) mass is 217 g/mol. The topological polar surface area (TPSA) is 73.6 Å². The molecule has 0 bridgehead atoms. The number of rotatable bonds is 3. The molecule has 2 heterocycles. The van der Waals surface area contributed by atoms with Crippen LogP contribution in [-0.4, -0.2) is 23.1 Å². The minimum absolute atomic E-state index is 0.263. The third kappa shape index (κ3) is 2.12. The maximum atomic E-state index is 8.87. The second-order valence-corrected chi connectivity index (χ2v) is 3.79. The summed E-state index contributed by atoms with van der Waals surface area (Å²) in [6.45, 7) is 4.67. The van der Waals surface area contributed by atoms with E-state index in [0.717, 1.165) is 49.6 Å². The normalized spacial score (nSPS) is 14.0. The van der Waals surface area contributed by atoms with Crippen LogP contribution >= 0.6 is 0 Å². The Hall–Kier alpha value is -1.67. The van der Waals surface area contributed by atoms with Crippen molar-refractivity contribution in [2.75, 3.05) is 18.4 Å². The quantitative estimate of drug-likeness (QED) is 0.784. The summed E-state index contributed by atoms with van der Waals surface area (Å²) in [4.78, 5) is 8.47. The van der Waals surface area contributed by atoms with Gasteiger partial charge in [-0.1, -0.05) is 6.92 Å². The van der Waals surface area contributed by atoms with Crippen molar-refractivity contribution in [3.05, 3.63) is 17.1 Å². The van der Waals surface area contributed by atoms with Gasteiger partial charge < -0.3 is 10.6 Å². The van der Waals surface area contributed by atoms with Crippen LogP contribution in [0.3, 0.4) is 0 Å². The summed E-state index contributed by atoms with van der Waals surface area (Å²) in [5, 5.41) is 15.4. The first-order chi connectivity index (χ1) is 7.85. The molecule has 0 radical (unpaired) electrons. The van der Waals surface area contributed by atoms with E-state index >= 15 is 0 Å². The first kappa shape index (κ1) is 10.8. The highest BCUT2D eigenvalue weighted by Gasteiger charge is 2.16. The zero-order valence-corrected chi connectivity index (χ0v) is 9.38. The summed E-state index contributed by atoms with van der Waals surface area (Å²) in [5.41, 5.74) is 2.11. The molecule has 1 aromatic heterocycles. The Morgan fingerprint density at radius 1 is 1.50 bits per heavy atom. The summed E-state index contributed by atoms with van der Waals surface area (Å²) < 4.78 is 0. The van der Waals surface area contributed by atoms with Crippen LogP contribution < -0.4 is 10.6 Å². The molecule has 2 N–H and O–H groups in total. The molecule has 0 unspecified atom stereocenters. The van der Waals surface area contributed by atoms with E-state index in [9.17, 15) is 0 Å². The molecule has 1 aliphatic rings. The highest BCUT2D eigenvalue weighted by atomic mass is 15.1. The van der Waals surface area contributed by atoms with Crippen molar-refractivity contribution in [1.82, 2.24) is 15.3 Å². The first-order valence-electron chi connectivity index (χ1n) is 5.59. The van der Waals surface area contributed by atoms with Gasteiger partial charge in [-0.25, -0.2) is 9.97 Å². The predicted octanol–water partition coefficient (Wildman–Crippen LogP) is 0.816. The molecule has 1 aromatic rings. The van der Waals surface area contributed by atoms with Crippen LogP contribution in [0, 0.1) is 11.3 Å². The molecule has 16 heavy (non-hydrogen) atoms. The molecule has 0 aliphatic carbocycles. The van der Waals surface area contributed by atoms with Crippen LogP contribution in [0.2, 0.25) is 0 Å². The van der Waals surface area contributed by atoms with Gasteiger partial charge in [0.15, 0.2) is 0 Å². The SMILES string of the molecule is CCCNc1nc(C#N)nc2c1CNCC2. The molecule has 5 heteroatoms. The lowest BCUT2D eigenvalue weighted by Crippen LogP contribution is -2.27. The standard InChI is InChI=1S/C11H15N5/c1-2-4-14-11-8-7-13-5-3-9(8)15-10(6-12)16-11/h13H,2-5,7H2,1H3,(H,14,15,16). The van der Waals surface area contributed by atoms with Crippen LogP contribution in [-0.2, 0) is 13.0 Å². The Bertz CT molecular complexity index is 421. The maximum absolute atomic E-state index is 8.87. The van der Waals surface area contributed by atoms with Gasteiger partial charge in [0.25, 0.3) is 0 Å². The molecular formula is C11H15N5. The fraction of sp³-hybridized carbons (Fsp3) is 0.545. The van der Waals surface area contributed by atoms with E-state index in [1.165, 1.54) is 0 Å². The van der Waals surface area contributed by atoms with E-state index < -0.39 is 0 Å². The molecule has 0 atom stereocenters. The van der Waals surface area contributed by atoms with Gasteiger partial charge in [-0.3, -0.25) is 0 Å². The summed E-state index contributed by atoms with van der Waals surface area (Å²) in [7, 11) is 0. The zero-order valence-electron chi connectivity index (χ0n) is 9.38. The van der Waals surface area contributed by atoms with Crippen molar-refractivity contribution in [2.24, 2.45) is 0 Å². The lowest BCUT2D eigenvalue weighted by Gasteiger charge is -2.19. The Kier molecular flexibility index (Phi) is 3.32. The van der Waals surface area contributed by atoms with Gasteiger partial charge in [0.1, 0.15) is 11.9 Å². The van der Waals surface area contributed by atoms with Gasteiger partial charge in [-0.05, 0) is 6.42 Å². The zero-order chi connectivity index (χ0) is 11.4. The molecule has 5 nitrogen and oxygen atoms in total. The smallest absolute Gasteiger partial charge is 0.234 e. The molecule has 0 aromatic carbocycles. The van der Waals surface area contributed by atoms with E-state index in [1.807, 2.05) is 6.07 Å². The van der Waals surface area contributed by atoms with E-state index in [2.05, 4.69) is 27.5 Å². The lowest BCUT2D eigenvalue weighted by molar-refractivity contribution is 0.625. The van der Waals surface area contributed by atoms with Crippen LogP contribution in [0.1, 0.15) is 30.4 Å². The molecule has 0 spiro atoms. The Balaban J connectivity index is 2.36. The number of nitrogens with one attached hydrogen (secondary N) is 2. The highest BCUT2D eigenvalue weighted by Crippen LogP contribution is 2.19. The minimum atomic E-state index is 0.263. The molecule has 0 saturated carbocycles. The average molecular weight is 217 g/mol. The van der Waals surface area contributed by atoms with E-state index in [4.69, 9.17) is 5.26 Å². The van der Waals surface area contributed by atoms with Crippen LogP contribution in [0.5, 0.6) is 0 Å². The fourth-order valence-electron chi connectivity index (χ4n) is 1.78. The second kappa shape index (κ2) is 4.90. The maximum Gasteiger partial charge on any atom is 0.234 e. The van der Waals surface area contributed by atoms with Crippen LogP contribution in [0.4, 0.5) is 5.82 Å². The summed E-state index contributed by atoms with van der Waals surface area (Å²) in [5.74, 6) is 1.08. The summed E-state index contributed by atoms with van der Waals surface area (Å²) in [6.07, 6.45) is 1.90. The van der Waals surface area contributed by atoms with Crippen molar-refractivity contribution in [3.8, 4) is 6.07 Å². The molecule has 0 amide bonds. The van der Waals surface area contributed by atoms with Gasteiger partial charge in [-0.15, -0.1) is 0 Å². The number of nitrogens with zero attached hydrogens (tertiary/aromatic N) is 3. The summed E-state index contributed by atoms with van der Waals surface area (Å²) in [6, 6.07) is 2.01. The molecule has 0 fully saturated rings. The molecule has 1 aliphatic heterocycles. The minimum Gasteiger partial charge on any atom is -0.370 e. The number of hydrogen-bond acceptors (Lipinski definition) is 5. The predicted molar refractivity (Wildman–Crippen MR) is 60.9 cm³/mol. The fourth-order valence-corrected chi connectivity index (χ4v) is 1.78. The number of anilines is 1. The van der Waals surface area contributed by atoms with E-state index in [-0.39, 0.29) is 5.82 Å². The van der Waals surface area contributed by atoms with Crippen molar-refractivity contribution in [3.63, 3.8) is 0 Å². The highest BCUT2D eigenvalue weighted by molar-refractivity contribution is 5.48. The van der Waals surface area contributed by atoms with Crippen molar-refractivity contribution in [1.29, 1.82) is 5.26 Å². The Morgan fingerprint density at radius 2 is 2.38 bits per heavy atom. The Morgan fingerprint density at radius 3 is 3.12 bits per heavy atom. The van der Waals surface area contributed by atoms with Gasteiger partial charge in [0, 0.05) is 31.6 Å². The molecule has 0 saturated heterocycles. The first-order valence-corrected chi connectivity index (χ1v) is 5.59. The third-order valence-corrected chi connectivity index (χ3v) is 2.58. The average Bonchev–Trinajstić information content (AvgIpc) is 2.35. The van der Waals surface area contributed by atoms with Gasteiger partial charge >= 0.3 is 0 Å². The van der Waals surface area contributed by atoms with Crippen molar-refractivity contribution in [2.45, 2.75) is 26.3 Å². The summed E-state index contributed by atoms with van der Waals surface area (Å²) >= 11 is 0. The molecule has 84 valence electrons. The van der Waals surface area contributed by atoms with Crippen LogP contribution in [0.15, 0.2) is 0 Å². The largest absolute Gasteiger partial charge is 0.370 e. The lowest BCUT2D eigenvalue weighted by atomic mass is 10.1. The van der Waals surface area contributed by atoms with Gasteiger partial charge in [0.2, 0.25) is 5.82 Å². The second-order valence-electron chi connectivity index (χ2n) is 3.79. The van der Waals surface area contributed by atoms with Gasteiger partial charge in [-0.2, -0.15) is 5.26 Å². The van der Waals surface area contributed by atoms with Gasteiger partial charge in [0.05, 0.1) is 5.69 Å². The number of nitriles is 1. The third-order valence-electron chi connectivity index (χ3n) is 2.58. The van der Waals surface area contributed by atoms with E-state index in [1.54, 1.807) is 0 Å². The Labute approximate surface area is 94.9 Å². The van der Waals surface area contributed by atoms with Crippen LogP contribution in [0.25, 0.3) is 0 Å². The van der Waals surface area contributed by atoms with E-state index in [0.29, 0.717) is 0 Å². The number of aromatic nitrogens is 2. The number of hydrogen-bond donors (Lipinski definition) is 2. The van der Waals surface area contributed by atoms with Crippen molar-refractivity contribution < 1.29 is 0 Å². The number of fused-ring (bicyclic) bond motifs is 1. The van der Waals surface area contributed by atoms with Crippen molar-refractivity contribution >= 4 is 5.82 Å².